The molecule has 0 aliphatic heterocycles. The van der Waals surface area contributed by atoms with Gasteiger partial charge in [0, 0.05) is 0 Å². The second kappa shape index (κ2) is 7.37. The van der Waals surface area contributed by atoms with Gasteiger partial charge >= 0.3 is 12.2 Å². The molecule has 0 aliphatic carbocycles. The Kier molecular flexibility index (Phi) is 5.83. The number of anilines is 2. The van der Waals surface area contributed by atoms with Crippen molar-refractivity contribution >= 4 is 23.6 Å². The summed E-state index contributed by atoms with van der Waals surface area (Å²) < 4.78 is 9.82. The van der Waals surface area contributed by atoms with Crippen molar-refractivity contribution in [2.45, 2.75) is 39.9 Å². The summed E-state index contributed by atoms with van der Waals surface area (Å²) in [7, 11) is 0. The van der Waals surface area contributed by atoms with Crippen LogP contribution in [0.25, 0.3) is 0 Å². The average Bonchev–Trinajstić information content (AvgIpc) is 2.32. The fourth-order valence-electron chi connectivity index (χ4n) is 1.45. The summed E-state index contributed by atoms with van der Waals surface area (Å²) in [5.41, 5.74) is 0.256. The summed E-state index contributed by atoms with van der Waals surface area (Å²) in [4.78, 5) is 23.0. The fourth-order valence-corrected chi connectivity index (χ4v) is 1.45. The zero-order valence-corrected chi connectivity index (χ0v) is 12.5. The number of para-hydroxylation sites is 1. The number of carbonyl (C=O) groups is 2. The summed E-state index contributed by atoms with van der Waals surface area (Å²) in [5, 5.41) is 14.8. The Labute approximate surface area is 123 Å². The van der Waals surface area contributed by atoms with Crippen LogP contribution in [-0.2, 0) is 9.47 Å². The fraction of sp³-hybridized carbons (Fsp3) is 0.429. The number of phenols is 1. The smallest absolute Gasteiger partial charge is 0.411 e. The van der Waals surface area contributed by atoms with Crippen molar-refractivity contribution in [2.75, 3.05) is 10.6 Å². The van der Waals surface area contributed by atoms with Crippen LogP contribution in [0.4, 0.5) is 21.0 Å². The molecule has 0 spiro atoms. The highest BCUT2D eigenvalue weighted by Gasteiger charge is 2.14. The molecule has 7 heteroatoms. The second-order valence-electron chi connectivity index (χ2n) is 4.86. The van der Waals surface area contributed by atoms with Gasteiger partial charge in [-0.25, -0.2) is 9.59 Å². The lowest BCUT2D eigenvalue weighted by atomic mass is 10.2. The van der Waals surface area contributed by atoms with Gasteiger partial charge in [-0.05, 0) is 39.8 Å². The SMILES string of the molecule is CC(C)OC(=O)Nc1cccc(NC(=O)OC(C)C)c1O. The van der Waals surface area contributed by atoms with Gasteiger partial charge in [0.05, 0.1) is 23.6 Å². The number of hydrogen-bond acceptors (Lipinski definition) is 5. The molecule has 2 amide bonds. The molecule has 0 heterocycles. The van der Waals surface area contributed by atoms with Crippen LogP contribution in [0, 0.1) is 0 Å². The third-order valence-electron chi connectivity index (χ3n) is 2.19. The zero-order valence-electron chi connectivity index (χ0n) is 12.5. The average molecular weight is 296 g/mol. The molecule has 0 unspecified atom stereocenters. The number of amides is 2. The summed E-state index contributed by atoms with van der Waals surface area (Å²) in [5.74, 6) is -0.279. The Morgan fingerprint density at radius 3 is 1.67 bits per heavy atom. The normalized spacial score (nSPS) is 10.4. The Bertz CT molecular complexity index is 472. The zero-order chi connectivity index (χ0) is 16.0. The third-order valence-corrected chi connectivity index (χ3v) is 2.19. The molecule has 1 aromatic rings. The molecule has 0 bridgehead atoms. The van der Waals surface area contributed by atoms with Crippen molar-refractivity contribution in [2.24, 2.45) is 0 Å². The van der Waals surface area contributed by atoms with Crippen LogP contribution in [0.5, 0.6) is 5.75 Å². The first-order valence-corrected chi connectivity index (χ1v) is 6.56. The van der Waals surface area contributed by atoms with E-state index in [1.165, 1.54) is 12.1 Å². The Hall–Kier alpha value is -2.44. The molecule has 0 saturated heterocycles. The van der Waals surface area contributed by atoms with E-state index in [-0.39, 0.29) is 29.3 Å². The number of rotatable bonds is 4. The number of ether oxygens (including phenoxy) is 2. The van der Waals surface area contributed by atoms with Gasteiger partial charge in [-0.2, -0.15) is 0 Å². The van der Waals surface area contributed by atoms with Crippen LogP contribution in [0.2, 0.25) is 0 Å². The Morgan fingerprint density at radius 2 is 1.33 bits per heavy atom. The van der Waals surface area contributed by atoms with Crippen LogP contribution >= 0.6 is 0 Å². The molecule has 116 valence electrons. The molecule has 1 rings (SSSR count). The lowest BCUT2D eigenvalue weighted by Gasteiger charge is -2.14. The number of benzene rings is 1. The number of hydrogen-bond donors (Lipinski definition) is 3. The van der Waals surface area contributed by atoms with Gasteiger partial charge in [-0.3, -0.25) is 10.6 Å². The minimum atomic E-state index is -0.692. The highest BCUT2D eigenvalue weighted by Crippen LogP contribution is 2.32. The predicted octanol–water partition coefficient (Wildman–Crippen LogP) is 3.31. The standard InChI is InChI=1S/C14H20N2O5/c1-8(2)20-13(18)15-10-6-5-7-11(12(10)17)16-14(19)21-9(3)4/h5-9,17H,1-4H3,(H,15,18)(H,16,19). The Morgan fingerprint density at radius 1 is 0.952 bits per heavy atom. The van der Waals surface area contributed by atoms with Crippen molar-refractivity contribution < 1.29 is 24.2 Å². The Balaban J connectivity index is 2.78. The molecule has 0 atom stereocenters. The summed E-state index contributed by atoms with van der Waals surface area (Å²) in [6.45, 7) is 6.83. The molecule has 0 saturated carbocycles. The van der Waals surface area contributed by atoms with E-state index >= 15 is 0 Å². The van der Waals surface area contributed by atoms with Crippen molar-refractivity contribution in [1.29, 1.82) is 0 Å². The number of nitrogens with one attached hydrogen (secondary N) is 2. The maximum atomic E-state index is 11.5. The highest BCUT2D eigenvalue weighted by atomic mass is 16.6. The first kappa shape index (κ1) is 16.6. The van der Waals surface area contributed by atoms with Crippen molar-refractivity contribution in [1.82, 2.24) is 0 Å². The van der Waals surface area contributed by atoms with Crippen molar-refractivity contribution in [3.8, 4) is 5.75 Å². The number of phenolic OH excluding ortho intramolecular Hbond substituents is 1. The minimum Gasteiger partial charge on any atom is -0.504 e. The lowest BCUT2D eigenvalue weighted by molar-refractivity contribution is 0.129. The van der Waals surface area contributed by atoms with Crippen LogP contribution in [0.15, 0.2) is 18.2 Å². The van der Waals surface area contributed by atoms with Gasteiger partial charge in [0.15, 0.2) is 5.75 Å². The van der Waals surface area contributed by atoms with Crippen LogP contribution in [0.3, 0.4) is 0 Å². The van der Waals surface area contributed by atoms with Gasteiger partial charge in [0.1, 0.15) is 0 Å². The molecule has 0 radical (unpaired) electrons. The minimum absolute atomic E-state index is 0.128. The monoisotopic (exact) mass is 296 g/mol. The second-order valence-corrected chi connectivity index (χ2v) is 4.86. The van der Waals surface area contributed by atoms with Crippen molar-refractivity contribution in [3.05, 3.63) is 18.2 Å². The molecule has 1 aromatic carbocycles. The van der Waals surface area contributed by atoms with Crippen LogP contribution < -0.4 is 10.6 Å². The number of carbonyl (C=O) groups excluding carboxylic acids is 2. The first-order chi connectivity index (χ1) is 9.79. The van der Waals surface area contributed by atoms with E-state index in [2.05, 4.69) is 10.6 Å². The van der Waals surface area contributed by atoms with Gasteiger partial charge < -0.3 is 14.6 Å². The molecule has 0 fully saturated rings. The molecule has 0 aromatic heterocycles. The van der Waals surface area contributed by atoms with Gasteiger partial charge in [0.25, 0.3) is 0 Å². The molecule has 7 nitrogen and oxygen atoms in total. The van der Waals surface area contributed by atoms with E-state index in [0.717, 1.165) is 0 Å². The maximum Gasteiger partial charge on any atom is 0.411 e. The van der Waals surface area contributed by atoms with E-state index in [1.807, 2.05) is 0 Å². The topological polar surface area (TPSA) is 96.9 Å². The van der Waals surface area contributed by atoms with Crippen LogP contribution in [-0.4, -0.2) is 29.5 Å². The molecule has 3 N–H and O–H groups in total. The first-order valence-electron chi connectivity index (χ1n) is 6.56. The molecular formula is C14H20N2O5. The van der Waals surface area contributed by atoms with Crippen molar-refractivity contribution in [3.63, 3.8) is 0 Å². The quantitative estimate of drug-likeness (QED) is 0.741. The van der Waals surface area contributed by atoms with Gasteiger partial charge in [0.2, 0.25) is 0 Å². The van der Waals surface area contributed by atoms with Gasteiger partial charge in [-0.15, -0.1) is 0 Å². The maximum absolute atomic E-state index is 11.5. The van der Waals surface area contributed by atoms with Crippen LogP contribution in [0.1, 0.15) is 27.7 Å². The van der Waals surface area contributed by atoms with E-state index in [1.54, 1.807) is 33.8 Å². The molecule has 21 heavy (non-hydrogen) atoms. The van der Waals surface area contributed by atoms with E-state index in [4.69, 9.17) is 9.47 Å². The lowest BCUT2D eigenvalue weighted by Crippen LogP contribution is -2.19. The summed E-state index contributed by atoms with van der Waals surface area (Å²) in [6.07, 6.45) is -1.95. The highest BCUT2D eigenvalue weighted by molar-refractivity contribution is 5.93. The number of aromatic hydroxyl groups is 1. The summed E-state index contributed by atoms with van der Waals surface area (Å²) >= 11 is 0. The predicted molar refractivity (Wildman–Crippen MR) is 78.6 cm³/mol. The van der Waals surface area contributed by atoms with E-state index < -0.39 is 12.2 Å². The molecular weight excluding hydrogens is 276 g/mol. The summed E-state index contributed by atoms with van der Waals surface area (Å²) in [6, 6.07) is 4.53. The van der Waals surface area contributed by atoms with Gasteiger partial charge in [-0.1, -0.05) is 6.07 Å². The molecule has 0 aliphatic rings. The van der Waals surface area contributed by atoms with E-state index in [9.17, 15) is 14.7 Å². The van der Waals surface area contributed by atoms with E-state index in [0.29, 0.717) is 0 Å². The largest absolute Gasteiger partial charge is 0.504 e. The third kappa shape index (κ3) is 5.60.